The van der Waals surface area contributed by atoms with Crippen LogP contribution in [0.5, 0.6) is 0 Å². The van der Waals surface area contributed by atoms with Gasteiger partial charge in [-0.25, -0.2) is 0 Å². The Labute approximate surface area is 57.4 Å². The van der Waals surface area contributed by atoms with Crippen LogP contribution in [0.2, 0.25) is 0 Å². The molecule has 0 aliphatic heterocycles. The molecule has 0 aromatic heterocycles. The number of rotatable bonds is 2. The van der Waals surface area contributed by atoms with E-state index < -0.39 is 0 Å². The first kappa shape index (κ1) is 8.47. The minimum atomic E-state index is 0.597. The first-order valence-corrected chi connectivity index (χ1v) is 3.28. The summed E-state index contributed by atoms with van der Waals surface area (Å²) >= 11 is 0. The predicted molar refractivity (Wildman–Crippen MR) is 40.9 cm³/mol. The normalized spacial score (nSPS) is 9.89. The zero-order chi connectivity index (χ0) is 7.44. The number of hydrogen-bond donors (Lipinski definition) is 1. The summed E-state index contributed by atoms with van der Waals surface area (Å²) in [6.45, 7) is 4.25. The van der Waals surface area contributed by atoms with Gasteiger partial charge in [0, 0.05) is 20.5 Å². The topological polar surface area (TPSA) is 27.1 Å². The molecule has 2 heteroatoms. The van der Waals surface area contributed by atoms with Crippen molar-refractivity contribution in [1.82, 2.24) is 4.90 Å². The average molecular weight is 128 g/mol. The molecule has 1 N–H and O–H groups in total. The van der Waals surface area contributed by atoms with Crippen molar-refractivity contribution in [3.63, 3.8) is 0 Å². The minimum Gasteiger partial charge on any atom is -0.367 e. The van der Waals surface area contributed by atoms with Crippen LogP contribution in [-0.2, 0) is 0 Å². The van der Waals surface area contributed by atoms with Crippen LogP contribution in [-0.4, -0.2) is 24.8 Å². The molecule has 0 radical (unpaired) electrons. The maximum absolute atomic E-state index is 7.40. The fourth-order valence-corrected chi connectivity index (χ4v) is 0.569. The molecular weight excluding hydrogens is 112 g/mol. The van der Waals surface area contributed by atoms with Crippen molar-refractivity contribution in [2.24, 2.45) is 5.92 Å². The van der Waals surface area contributed by atoms with Crippen molar-refractivity contribution < 1.29 is 0 Å². The van der Waals surface area contributed by atoms with E-state index in [0.717, 1.165) is 6.42 Å². The summed E-state index contributed by atoms with van der Waals surface area (Å²) in [5.74, 6) is 1.31. The van der Waals surface area contributed by atoms with Gasteiger partial charge in [0.05, 0.1) is 5.84 Å². The Morgan fingerprint density at radius 1 is 1.44 bits per heavy atom. The van der Waals surface area contributed by atoms with Crippen molar-refractivity contribution in [2.45, 2.75) is 20.3 Å². The molecule has 0 fully saturated rings. The lowest BCUT2D eigenvalue weighted by atomic mass is 10.1. The van der Waals surface area contributed by atoms with E-state index in [1.165, 1.54) is 0 Å². The molecule has 0 atom stereocenters. The Bertz CT molecular complexity index is 95.1. The van der Waals surface area contributed by atoms with Crippen LogP contribution in [0.1, 0.15) is 20.3 Å². The van der Waals surface area contributed by atoms with Gasteiger partial charge < -0.3 is 4.90 Å². The molecular formula is C7H16N2. The first-order valence-electron chi connectivity index (χ1n) is 3.28. The third-order valence-corrected chi connectivity index (χ3v) is 1.14. The highest BCUT2D eigenvalue weighted by Gasteiger charge is 2.00. The van der Waals surface area contributed by atoms with Gasteiger partial charge in [-0.2, -0.15) is 0 Å². The van der Waals surface area contributed by atoms with Gasteiger partial charge in [-0.3, -0.25) is 5.41 Å². The zero-order valence-electron chi connectivity index (χ0n) is 6.73. The van der Waals surface area contributed by atoms with Gasteiger partial charge >= 0.3 is 0 Å². The van der Waals surface area contributed by atoms with Gasteiger partial charge in [0.25, 0.3) is 0 Å². The molecule has 0 saturated carbocycles. The maximum atomic E-state index is 7.40. The lowest BCUT2D eigenvalue weighted by molar-refractivity contribution is 0.560. The standard InChI is InChI=1S/C7H16N2/c1-6(2)5-7(8)9(3)4/h6,8H,5H2,1-4H3. The fraction of sp³-hybridized carbons (Fsp3) is 0.857. The summed E-state index contributed by atoms with van der Waals surface area (Å²) < 4.78 is 0. The smallest absolute Gasteiger partial charge is 0.0955 e. The summed E-state index contributed by atoms with van der Waals surface area (Å²) in [5, 5.41) is 7.40. The van der Waals surface area contributed by atoms with Gasteiger partial charge in [0.15, 0.2) is 0 Å². The van der Waals surface area contributed by atoms with E-state index in [-0.39, 0.29) is 0 Å². The monoisotopic (exact) mass is 128 g/mol. The van der Waals surface area contributed by atoms with Crippen molar-refractivity contribution in [3.8, 4) is 0 Å². The van der Waals surface area contributed by atoms with Gasteiger partial charge in [0.2, 0.25) is 0 Å². The van der Waals surface area contributed by atoms with E-state index in [9.17, 15) is 0 Å². The maximum Gasteiger partial charge on any atom is 0.0955 e. The van der Waals surface area contributed by atoms with Crippen molar-refractivity contribution >= 4 is 5.84 Å². The summed E-state index contributed by atoms with van der Waals surface area (Å²) in [6.07, 6.45) is 0.882. The lowest BCUT2D eigenvalue weighted by Crippen LogP contribution is -2.21. The molecule has 0 bridgehead atoms. The lowest BCUT2D eigenvalue weighted by Gasteiger charge is -2.14. The molecule has 0 amide bonds. The van der Waals surface area contributed by atoms with E-state index in [1.807, 2.05) is 19.0 Å². The molecule has 0 unspecified atom stereocenters. The molecule has 0 spiro atoms. The summed E-state index contributed by atoms with van der Waals surface area (Å²) in [5.41, 5.74) is 0. The molecule has 2 nitrogen and oxygen atoms in total. The minimum absolute atomic E-state index is 0.597. The molecule has 9 heavy (non-hydrogen) atoms. The van der Waals surface area contributed by atoms with Gasteiger partial charge in [-0.05, 0) is 5.92 Å². The Hall–Kier alpha value is -0.530. The molecule has 0 aromatic rings. The van der Waals surface area contributed by atoms with Crippen molar-refractivity contribution in [3.05, 3.63) is 0 Å². The Kier molecular flexibility index (Phi) is 3.28. The first-order chi connectivity index (χ1) is 4.04. The highest BCUT2D eigenvalue weighted by molar-refractivity contribution is 5.78. The predicted octanol–water partition coefficient (Wildman–Crippen LogP) is 1.57. The van der Waals surface area contributed by atoms with Crippen molar-refractivity contribution in [1.29, 1.82) is 5.41 Å². The van der Waals surface area contributed by atoms with E-state index >= 15 is 0 Å². The summed E-state index contributed by atoms with van der Waals surface area (Å²) in [4.78, 5) is 1.85. The summed E-state index contributed by atoms with van der Waals surface area (Å²) in [6, 6.07) is 0. The highest BCUT2D eigenvalue weighted by atomic mass is 15.1. The second kappa shape index (κ2) is 3.49. The molecule has 0 aliphatic rings. The molecule has 0 saturated heterocycles. The average Bonchev–Trinajstić information content (AvgIpc) is 1.63. The fourth-order valence-electron chi connectivity index (χ4n) is 0.569. The van der Waals surface area contributed by atoms with E-state index in [0.29, 0.717) is 11.8 Å². The van der Waals surface area contributed by atoms with Crippen LogP contribution in [0.4, 0.5) is 0 Å². The molecule has 54 valence electrons. The number of nitrogens with zero attached hydrogens (tertiary/aromatic N) is 1. The van der Waals surface area contributed by atoms with Crippen molar-refractivity contribution in [2.75, 3.05) is 14.1 Å². The highest BCUT2D eigenvalue weighted by Crippen LogP contribution is 2.00. The number of hydrogen-bond acceptors (Lipinski definition) is 1. The van der Waals surface area contributed by atoms with E-state index in [2.05, 4.69) is 13.8 Å². The largest absolute Gasteiger partial charge is 0.367 e. The van der Waals surface area contributed by atoms with E-state index in [4.69, 9.17) is 5.41 Å². The Morgan fingerprint density at radius 3 is 2.00 bits per heavy atom. The molecule has 0 heterocycles. The quantitative estimate of drug-likeness (QED) is 0.443. The second-order valence-corrected chi connectivity index (χ2v) is 2.94. The van der Waals surface area contributed by atoms with Gasteiger partial charge in [0.1, 0.15) is 0 Å². The SMILES string of the molecule is CC(C)CC(=N)N(C)C. The van der Waals surface area contributed by atoms with Crippen LogP contribution in [0.3, 0.4) is 0 Å². The molecule has 0 aromatic carbocycles. The summed E-state index contributed by atoms with van der Waals surface area (Å²) in [7, 11) is 3.81. The van der Waals surface area contributed by atoms with Gasteiger partial charge in [-0.15, -0.1) is 0 Å². The van der Waals surface area contributed by atoms with Gasteiger partial charge in [-0.1, -0.05) is 13.8 Å². The van der Waals surface area contributed by atoms with Crippen LogP contribution >= 0.6 is 0 Å². The van der Waals surface area contributed by atoms with Crippen LogP contribution in [0.25, 0.3) is 0 Å². The Balaban J connectivity index is 3.51. The third kappa shape index (κ3) is 4.01. The third-order valence-electron chi connectivity index (χ3n) is 1.14. The molecule has 0 aliphatic carbocycles. The van der Waals surface area contributed by atoms with E-state index in [1.54, 1.807) is 0 Å². The Morgan fingerprint density at radius 2 is 1.89 bits per heavy atom. The second-order valence-electron chi connectivity index (χ2n) is 2.94. The van der Waals surface area contributed by atoms with Crippen LogP contribution in [0, 0.1) is 11.3 Å². The number of nitrogens with one attached hydrogen (secondary N) is 1. The van der Waals surface area contributed by atoms with Crippen LogP contribution in [0.15, 0.2) is 0 Å². The molecule has 0 rings (SSSR count). The zero-order valence-corrected chi connectivity index (χ0v) is 6.73. The van der Waals surface area contributed by atoms with Crippen LogP contribution < -0.4 is 0 Å². The number of amidine groups is 1.